The van der Waals surface area contributed by atoms with Gasteiger partial charge in [-0.1, -0.05) is 0 Å². The van der Waals surface area contributed by atoms with Crippen molar-refractivity contribution in [2.45, 2.75) is 0 Å². The fourth-order valence-electron chi connectivity index (χ4n) is 2.85. The molecule has 2 heterocycles. The van der Waals surface area contributed by atoms with Crippen molar-refractivity contribution in [2.75, 3.05) is 17.7 Å². The average molecular weight is 389 g/mol. The van der Waals surface area contributed by atoms with Crippen LogP contribution in [0.5, 0.6) is 17.4 Å². The molecule has 8 nitrogen and oxygen atoms in total. The Kier molecular flexibility index (Phi) is 4.98. The van der Waals surface area contributed by atoms with E-state index in [0.29, 0.717) is 23.0 Å². The first-order valence-corrected chi connectivity index (χ1v) is 8.88. The van der Waals surface area contributed by atoms with Gasteiger partial charge < -0.3 is 24.7 Å². The number of aryl methyl sites for hydroxylation is 1. The van der Waals surface area contributed by atoms with Gasteiger partial charge in [-0.15, -0.1) is 0 Å². The predicted molar refractivity (Wildman–Crippen MR) is 111 cm³/mol. The molecule has 0 spiro atoms. The van der Waals surface area contributed by atoms with Crippen LogP contribution in [0, 0.1) is 0 Å². The van der Waals surface area contributed by atoms with E-state index in [1.54, 1.807) is 55.6 Å². The van der Waals surface area contributed by atoms with E-state index in [0.717, 1.165) is 16.8 Å². The van der Waals surface area contributed by atoms with E-state index in [1.807, 2.05) is 23.9 Å². The number of nitrogens with zero attached hydrogens (tertiary/aromatic N) is 3. The third kappa shape index (κ3) is 4.11. The monoisotopic (exact) mass is 389 g/mol. The lowest BCUT2D eigenvalue weighted by Crippen LogP contribution is -2.19. The molecule has 2 amide bonds. The quantitative estimate of drug-likeness (QED) is 0.528. The van der Waals surface area contributed by atoms with Crippen molar-refractivity contribution in [3.8, 4) is 17.4 Å². The van der Waals surface area contributed by atoms with Gasteiger partial charge in [0.2, 0.25) is 5.88 Å². The standard InChI is InChI=1S/C21H19N5O3/c1-26-12-11-18-19(26)20(23-13-22-18)29-17-9-5-15(6-10-17)25-21(27)24-14-3-7-16(28-2)8-4-14/h3-13H,1-2H3,(H2,24,25,27). The lowest BCUT2D eigenvalue weighted by molar-refractivity contribution is 0.262. The molecule has 2 aromatic heterocycles. The minimum atomic E-state index is -0.342. The molecule has 8 heteroatoms. The van der Waals surface area contributed by atoms with Gasteiger partial charge in [0.05, 0.1) is 12.6 Å². The number of ether oxygens (including phenoxy) is 2. The third-order valence-electron chi connectivity index (χ3n) is 4.30. The Bertz CT molecular complexity index is 1140. The molecule has 2 N–H and O–H groups in total. The van der Waals surface area contributed by atoms with Crippen LogP contribution >= 0.6 is 0 Å². The number of rotatable bonds is 5. The van der Waals surface area contributed by atoms with Crippen LogP contribution in [0.4, 0.5) is 16.2 Å². The maximum Gasteiger partial charge on any atom is 0.323 e. The van der Waals surface area contributed by atoms with E-state index in [1.165, 1.54) is 6.33 Å². The largest absolute Gasteiger partial charge is 0.497 e. The van der Waals surface area contributed by atoms with Crippen LogP contribution in [0.2, 0.25) is 0 Å². The van der Waals surface area contributed by atoms with E-state index in [2.05, 4.69) is 20.6 Å². The van der Waals surface area contributed by atoms with Gasteiger partial charge in [-0.05, 0) is 54.6 Å². The number of anilines is 2. The van der Waals surface area contributed by atoms with Gasteiger partial charge in [0.1, 0.15) is 23.3 Å². The van der Waals surface area contributed by atoms with Crippen molar-refractivity contribution in [2.24, 2.45) is 7.05 Å². The van der Waals surface area contributed by atoms with Gasteiger partial charge in [0.15, 0.2) is 0 Å². The first-order chi connectivity index (χ1) is 14.1. The summed E-state index contributed by atoms with van der Waals surface area (Å²) in [5.74, 6) is 1.80. The van der Waals surface area contributed by atoms with Crippen molar-refractivity contribution < 1.29 is 14.3 Å². The van der Waals surface area contributed by atoms with E-state index < -0.39 is 0 Å². The van der Waals surface area contributed by atoms with Crippen molar-refractivity contribution in [3.63, 3.8) is 0 Å². The number of urea groups is 1. The highest BCUT2D eigenvalue weighted by atomic mass is 16.5. The van der Waals surface area contributed by atoms with Gasteiger partial charge in [0.25, 0.3) is 0 Å². The van der Waals surface area contributed by atoms with Gasteiger partial charge >= 0.3 is 6.03 Å². The molecular formula is C21H19N5O3. The van der Waals surface area contributed by atoms with Crippen LogP contribution < -0.4 is 20.1 Å². The molecular weight excluding hydrogens is 370 g/mol. The molecule has 4 aromatic rings. The molecule has 0 aliphatic rings. The van der Waals surface area contributed by atoms with Crippen molar-refractivity contribution in [3.05, 3.63) is 67.1 Å². The zero-order valence-electron chi connectivity index (χ0n) is 15.9. The molecule has 4 rings (SSSR count). The van der Waals surface area contributed by atoms with Gasteiger partial charge in [-0.2, -0.15) is 4.98 Å². The van der Waals surface area contributed by atoms with Crippen LogP contribution in [0.15, 0.2) is 67.1 Å². The van der Waals surface area contributed by atoms with E-state index >= 15 is 0 Å². The van der Waals surface area contributed by atoms with Crippen molar-refractivity contribution >= 4 is 28.4 Å². The zero-order chi connectivity index (χ0) is 20.2. The first kappa shape index (κ1) is 18.3. The van der Waals surface area contributed by atoms with E-state index in [4.69, 9.17) is 9.47 Å². The summed E-state index contributed by atoms with van der Waals surface area (Å²) in [4.78, 5) is 20.6. The molecule has 0 saturated carbocycles. The van der Waals surface area contributed by atoms with Crippen molar-refractivity contribution in [1.82, 2.24) is 14.5 Å². The number of carbonyl (C=O) groups is 1. The SMILES string of the molecule is COc1ccc(NC(=O)Nc2ccc(Oc3ncnc4ccn(C)c34)cc2)cc1. The lowest BCUT2D eigenvalue weighted by atomic mass is 10.3. The summed E-state index contributed by atoms with van der Waals surface area (Å²) < 4.78 is 12.9. The third-order valence-corrected chi connectivity index (χ3v) is 4.30. The zero-order valence-corrected chi connectivity index (χ0v) is 15.9. The summed E-state index contributed by atoms with van der Waals surface area (Å²) in [6.07, 6.45) is 3.37. The topological polar surface area (TPSA) is 90.3 Å². The minimum absolute atomic E-state index is 0.342. The highest BCUT2D eigenvalue weighted by Gasteiger charge is 2.10. The summed E-state index contributed by atoms with van der Waals surface area (Å²) in [5.41, 5.74) is 2.92. The predicted octanol–water partition coefficient (Wildman–Crippen LogP) is 4.41. The lowest BCUT2D eigenvalue weighted by Gasteiger charge is -2.10. The minimum Gasteiger partial charge on any atom is -0.497 e. The number of methoxy groups -OCH3 is 1. The average Bonchev–Trinajstić information content (AvgIpc) is 3.12. The Morgan fingerprint density at radius 2 is 1.52 bits per heavy atom. The summed E-state index contributed by atoms with van der Waals surface area (Å²) in [6, 6.07) is 15.7. The normalized spacial score (nSPS) is 10.6. The Morgan fingerprint density at radius 3 is 2.14 bits per heavy atom. The van der Waals surface area contributed by atoms with Gasteiger partial charge in [-0.3, -0.25) is 0 Å². The molecule has 0 saturated heterocycles. The molecule has 0 atom stereocenters. The Hall–Kier alpha value is -4.07. The summed E-state index contributed by atoms with van der Waals surface area (Å²) >= 11 is 0. The second-order valence-corrected chi connectivity index (χ2v) is 6.27. The number of benzene rings is 2. The first-order valence-electron chi connectivity index (χ1n) is 8.88. The maximum absolute atomic E-state index is 12.2. The molecule has 29 heavy (non-hydrogen) atoms. The van der Waals surface area contributed by atoms with Gasteiger partial charge in [-0.25, -0.2) is 9.78 Å². The molecule has 0 aliphatic carbocycles. The number of nitrogens with one attached hydrogen (secondary N) is 2. The molecule has 0 aliphatic heterocycles. The van der Waals surface area contributed by atoms with Gasteiger partial charge in [0, 0.05) is 24.6 Å². The summed E-state index contributed by atoms with van der Waals surface area (Å²) in [5, 5.41) is 5.54. The molecule has 2 aromatic carbocycles. The Balaban J connectivity index is 1.40. The van der Waals surface area contributed by atoms with Crippen LogP contribution in [0.3, 0.4) is 0 Å². The summed E-state index contributed by atoms with van der Waals surface area (Å²) in [6.45, 7) is 0. The highest BCUT2D eigenvalue weighted by Crippen LogP contribution is 2.27. The number of fused-ring (bicyclic) bond motifs is 1. The molecule has 0 fully saturated rings. The van der Waals surface area contributed by atoms with E-state index in [-0.39, 0.29) is 6.03 Å². The number of carbonyl (C=O) groups excluding carboxylic acids is 1. The molecule has 0 radical (unpaired) electrons. The Labute approximate surface area is 167 Å². The maximum atomic E-state index is 12.2. The molecule has 0 bridgehead atoms. The van der Waals surface area contributed by atoms with Crippen LogP contribution in [-0.4, -0.2) is 27.7 Å². The number of hydrogen-bond donors (Lipinski definition) is 2. The fourth-order valence-corrected chi connectivity index (χ4v) is 2.85. The fraction of sp³-hybridized carbons (Fsp3) is 0.0952. The van der Waals surface area contributed by atoms with Crippen LogP contribution in [0.1, 0.15) is 0 Å². The van der Waals surface area contributed by atoms with Crippen LogP contribution in [0.25, 0.3) is 11.0 Å². The second-order valence-electron chi connectivity index (χ2n) is 6.27. The van der Waals surface area contributed by atoms with E-state index in [9.17, 15) is 4.79 Å². The number of hydrogen-bond acceptors (Lipinski definition) is 5. The highest BCUT2D eigenvalue weighted by molar-refractivity contribution is 5.99. The van der Waals surface area contributed by atoms with Crippen LogP contribution in [-0.2, 0) is 7.05 Å². The van der Waals surface area contributed by atoms with Crippen molar-refractivity contribution in [1.29, 1.82) is 0 Å². The Morgan fingerprint density at radius 1 is 0.897 bits per heavy atom. The smallest absolute Gasteiger partial charge is 0.323 e. The molecule has 146 valence electrons. The number of amides is 2. The molecule has 0 unspecified atom stereocenters. The number of aromatic nitrogens is 3. The summed E-state index contributed by atoms with van der Waals surface area (Å²) in [7, 11) is 3.50. The second kappa shape index (κ2) is 7.89.